The minimum Gasteiger partial charge on any atom is -0.344 e. The highest BCUT2D eigenvalue weighted by molar-refractivity contribution is 8.00. The molecule has 0 aliphatic rings. The zero-order chi connectivity index (χ0) is 23.8. The maximum absolute atomic E-state index is 13.8. The zero-order valence-electron chi connectivity index (χ0n) is 17.7. The Morgan fingerprint density at radius 3 is 2.55 bits per heavy atom. The van der Waals surface area contributed by atoms with Crippen molar-refractivity contribution in [3.63, 3.8) is 0 Å². The smallest absolute Gasteiger partial charge is 0.248 e. The molecule has 3 aromatic rings. The second kappa shape index (κ2) is 11.9. The third kappa shape index (κ3) is 7.61. The van der Waals surface area contributed by atoms with Crippen molar-refractivity contribution in [3.05, 3.63) is 77.2 Å². The lowest BCUT2D eigenvalue weighted by Gasteiger charge is -2.17. The molecule has 1 aromatic heterocycles. The van der Waals surface area contributed by atoms with Crippen LogP contribution < -0.4 is 10.6 Å². The summed E-state index contributed by atoms with van der Waals surface area (Å²) in [6, 6.07) is 8.58. The Bertz CT molecular complexity index is 1100. The Morgan fingerprint density at radius 2 is 1.85 bits per heavy atom. The van der Waals surface area contributed by atoms with Gasteiger partial charge in [-0.05, 0) is 35.7 Å². The zero-order valence-corrected chi connectivity index (χ0v) is 19.4. The van der Waals surface area contributed by atoms with Gasteiger partial charge >= 0.3 is 0 Å². The third-order valence-corrected chi connectivity index (χ3v) is 6.71. The molecule has 0 bridgehead atoms. The van der Waals surface area contributed by atoms with Crippen LogP contribution in [0.4, 0.5) is 18.3 Å². The first kappa shape index (κ1) is 24.8. The molecule has 3 rings (SSSR count). The number of hydrogen-bond acceptors (Lipinski definition) is 5. The fourth-order valence-electron chi connectivity index (χ4n) is 3.04. The van der Waals surface area contributed by atoms with Crippen LogP contribution >= 0.6 is 23.1 Å². The van der Waals surface area contributed by atoms with Gasteiger partial charge in [-0.2, -0.15) is 0 Å². The number of amides is 2. The standard InChI is InChI=1S/C23H22F3N3O2S2/c1-2-5-19(28-20(30)10-14-8-16(24)11-17(25)9-14)22(31)29-23-27-12-21(33-23)32-13-15-6-3-4-7-18(15)26/h3-4,6-9,11-12,19H,2,5,10,13H2,1H3,(H,28,30)(H,27,29,31). The number of halogens is 3. The Kier molecular flexibility index (Phi) is 8.90. The second-order valence-corrected chi connectivity index (χ2v) is 9.52. The molecule has 2 amide bonds. The van der Waals surface area contributed by atoms with E-state index >= 15 is 0 Å². The Hall–Kier alpha value is -2.85. The van der Waals surface area contributed by atoms with Crippen molar-refractivity contribution < 1.29 is 22.8 Å². The van der Waals surface area contributed by atoms with Crippen molar-refractivity contribution in [2.24, 2.45) is 0 Å². The van der Waals surface area contributed by atoms with Gasteiger partial charge in [0, 0.05) is 11.8 Å². The first-order valence-electron chi connectivity index (χ1n) is 10.2. The van der Waals surface area contributed by atoms with E-state index in [2.05, 4.69) is 15.6 Å². The molecule has 1 unspecified atom stereocenters. The summed E-state index contributed by atoms with van der Waals surface area (Å²) in [4.78, 5) is 29.2. The van der Waals surface area contributed by atoms with E-state index in [9.17, 15) is 22.8 Å². The molecule has 0 fully saturated rings. The molecule has 5 nitrogen and oxygen atoms in total. The van der Waals surface area contributed by atoms with Crippen LogP contribution in [0.15, 0.2) is 52.9 Å². The summed E-state index contributed by atoms with van der Waals surface area (Å²) in [7, 11) is 0. The van der Waals surface area contributed by atoms with E-state index in [0.29, 0.717) is 29.3 Å². The van der Waals surface area contributed by atoms with Crippen molar-refractivity contribution in [2.75, 3.05) is 5.32 Å². The molecule has 0 aliphatic carbocycles. The number of nitrogens with zero attached hydrogens (tertiary/aromatic N) is 1. The van der Waals surface area contributed by atoms with E-state index in [-0.39, 0.29) is 17.8 Å². The van der Waals surface area contributed by atoms with Crippen molar-refractivity contribution in [2.45, 2.75) is 42.2 Å². The van der Waals surface area contributed by atoms with Gasteiger partial charge in [0.25, 0.3) is 0 Å². The number of anilines is 1. The Labute approximate surface area is 197 Å². The lowest BCUT2D eigenvalue weighted by molar-refractivity contribution is -0.126. The van der Waals surface area contributed by atoms with Gasteiger partial charge < -0.3 is 10.6 Å². The van der Waals surface area contributed by atoms with Crippen LogP contribution in [0.25, 0.3) is 0 Å². The van der Waals surface area contributed by atoms with Crippen LogP contribution in [-0.4, -0.2) is 22.8 Å². The van der Waals surface area contributed by atoms with E-state index < -0.39 is 29.5 Å². The Morgan fingerprint density at radius 1 is 1.12 bits per heavy atom. The maximum Gasteiger partial charge on any atom is 0.248 e. The summed E-state index contributed by atoms with van der Waals surface area (Å²) in [5, 5.41) is 5.67. The molecule has 2 N–H and O–H groups in total. The topological polar surface area (TPSA) is 71.1 Å². The van der Waals surface area contributed by atoms with Crippen LogP contribution in [0.3, 0.4) is 0 Å². The summed E-state index contributed by atoms with van der Waals surface area (Å²) in [6.45, 7) is 1.87. The summed E-state index contributed by atoms with van der Waals surface area (Å²) in [5.74, 6) is -2.34. The highest BCUT2D eigenvalue weighted by Crippen LogP contribution is 2.31. The van der Waals surface area contributed by atoms with Crippen LogP contribution in [-0.2, 0) is 21.8 Å². The molecule has 2 aromatic carbocycles. The minimum atomic E-state index is -0.820. The van der Waals surface area contributed by atoms with Gasteiger partial charge in [-0.15, -0.1) is 11.8 Å². The number of thiazole rings is 1. The van der Waals surface area contributed by atoms with Gasteiger partial charge in [0.1, 0.15) is 23.5 Å². The average molecular weight is 494 g/mol. The summed E-state index contributed by atoms with van der Waals surface area (Å²) in [6.07, 6.45) is 2.36. The normalized spacial score (nSPS) is 11.8. The molecule has 0 radical (unpaired) electrons. The lowest BCUT2D eigenvalue weighted by atomic mass is 10.1. The van der Waals surface area contributed by atoms with Crippen molar-refractivity contribution >= 4 is 40.0 Å². The SMILES string of the molecule is CCCC(NC(=O)Cc1cc(F)cc(F)c1)C(=O)Nc1ncc(SCc2ccccc2F)s1. The number of aromatic nitrogens is 1. The summed E-state index contributed by atoms with van der Waals surface area (Å²) >= 11 is 2.65. The van der Waals surface area contributed by atoms with E-state index in [1.165, 1.54) is 29.2 Å². The number of hydrogen-bond donors (Lipinski definition) is 2. The largest absolute Gasteiger partial charge is 0.344 e. The quantitative estimate of drug-likeness (QED) is 0.375. The number of benzene rings is 2. The van der Waals surface area contributed by atoms with Gasteiger partial charge in [-0.1, -0.05) is 42.9 Å². The molecule has 1 heterocycles. The first-order chi connectivity index (χ1) is 15.8. The second-order valence-electron chi connectivity index (χ2n) is 7.22. The fourth-order valence-corrected chi connectivity index (χ4v) is 4.90. The molecule has 0 spiro atoms. The molecule has 0 saturated heterocycles. The lowest BCUT2D eigenvalue weighted by Crippen LogP contribution is -2.44. The molecule has 33 heavy (non-hydrogen) atoms. The van der Waals surface area contributed by atoms with E-state index in [1.807, 2.05) is 6.92 Å². The molecule has 1 atom stereocenters. The maximum atomic E-state index is 13.8. The number of nitrogens with one attached hydrogen (secondary N) is 2. The van der Waals surface area contributed by atoms with Crippen molar-refractivity contribution in [1.82, 2.24) is 10.3 Å². The van der Waals surface area contributed by atoms with Crippen molar-refractivity contribution in [3.8, 4) is 0 Å². The molecular weight excluding hydrogens is 471 g/mol. The molecule has 0 saturated carbocycles. The van der Waals surface area contributed by atoms with E-state index in [4.69, 9.17) is 0 Å². The molecule has 174 valence electrons. The number of thioether (sulfide) groups is 1. The van der Waals surface area contributed by atoms with E-state index in [0.717, 1.165) is 22.4 Å². The monoisotopic (exact) mass is 493 g/mol. The van der Waals surface area contributed by atoms with Crippen LogP contribution in [0.5, 0.6) is 0 Å². The van der Waals surface area contributed by atoms with Crippen LogP contribution in [0.2, 0.25) is 0 Å². The molecule has 0 aliphatic heterocycles. The Balaban J connectivity index is 1.56. The predicted octanol–water partition coefficient (Wildman–Crippen LogP) is 5.32. The minimum absolute atomic E-state index is 0.178. The number of carbonyl (C=O) groups is 2. The predicted molar refractivity (Wildman–Crippen MR) is 124 cm³/mol. The fraction of sp³-hybridized carbons (Fsp3) is 0.261. The van der Waals surface area contributed by atoms with Gasteiger partial charge in [0.05, 0.1) is 16.8 Å². The highest BCUT2D eigenvalue weighted by atomic mass is 32.2. The van der Waals surface area contributed by atoms with Gasteiger partial charge in [-0.3, -0.25) is 9.59 Å². The summed E-state index contributed by atoms with van der Waals surface area (Å²) in [5.41, 5.74) is 0.752. The van der Waals surface area contributed by atoms with Gasteiger partial charge in [-0.25, -0.2) is 18.2 Å². The number of rotatable bonds is 10. The first-order valence-corrected chi connectivity index (χ1v) is 12.0. The van der Waals surface area contributed by atoms with Crippen LogP contribution in [0.1, 0.15) is 30.9 Å². The molecular formula is C23H22F3N3O2S2. The average Bonchev–Trinajstić information content (AvgIpc) is 3.19. The van der Waals surface area contributed by atoms with E-state index in [1.54, 1.807) is 24.4 Å². The van der Waals surface area contributed by atoms with Crippen molar-refractivity contribution in [1.29, 1.82) is 0 Å². The van der Waals surface area contributed by atoms with Crippen LogP contribution in [0, 0.1) is 17.5 Å². The highest BCUT2D eigenvalue weighted by Gasteiger charge is 2.21. The van der Waals surface area contributed by atoms with Gasteiger partial charge in [0.2, 0.25) is 11.8 Å². The summed E-state index contributed by atoms with van der Waals surface area (Å²) < 4.78 is 41.2. The molecule has 10 heteroatoms. The van der Waals surface area contributed by atoms with Gasteiger partial charge in [0.15, 0.2) is 5.13 Å². The third-order valence-electron chi connectivity index (χ3n) is 4.56. The number of carbonyl (C=O) groups excluding carboxylic acids is 2.